The number of aryl methyl sites for hydroxylation is 1. The Labute approximate surface area is 188 Å². The van der Waals surface area contributed by atoms with Gasteiger partial charge in [-0.1, -0.05) is 24.3 Å². The van der Waals surface area contributed by atoms with Crippen LogP contribution in [0.1, 0.15) is 29.5 Å². The van der Waals surface area contributed by atoms with E-state index >= 15 is 0 Å². The monoisotopic (exact) mass is 452 g/mol. The van der Waals surface area contributed by atoms with Gasteiger partial charge in [0.2, 0.25) is 4.96 Å². The predicted octanol–water partition coefficient (Wildman–Crippen LogP) is 4.08. The Bertz CT molecular complexity index is 1230. The summed E-state index contributed by atoms with van der Waals surface area (Å²) in [5.41, 5.74) is 2.19. The first-order valence-electron chi connectivity index (χ1n) is 9.68. The number of nitrogens with zero attached hydrogens (tertiary/aromatic N) is 4. The standard InChI is InChI=1S/C21H20N6O2S2/c1-3-11-29-17-6-4-5-15(12-17)18(28)23-20(30)22-16-9-7-14(8-10-16)19-26-27-13(2)24-25-21(27)31-19/h4-10,12H,3,11H2,1-2H3,(H2,22,23,28,30). The number of hydrogen-bond acceptors (Lipinski definition) is 7. The number of carbonyl (C=O) groups is 1. The van der Waals surface area contributed by atoms with E-state index in [1.807, 2.05) is 44.2 Å². The van der Waals surface area contributed by atoms with Gasteiger partial charge in [0.15, 0.2) is 10.9 Å². The first-order chi connectivity index (χ1) is 15.0. The maximum Gasteiger partial charge on any atom is 0.257 e. The van der Waals surface area contributed by atoms with Crippen molar-refractivity contribution in [2.75, 3.05) is 11.9 Å². The van der Waals surface area contributed by atoms with E-state index in [-0.39, 0.29) is 11.0 Å². The average molecular weight is 453 g/mol. The zero-order valence-electron chi connectivity index (χ0n) is 17.0. The third-order valence-electron chi connectivity index (χ3n) is 4.33. The molecular formula is C21H20N6O2S2. The maximum absolute atomic E-state index is 12.5. The van der Waals surface area contributed by atoms with Crippen LogP contribution in [-0.4, -0.2) is 37.4 Å². The van der Waals surface area contributed by atoms with Gasteiger partial charge in [0.1, 0.15) is 10.8 Å². The number of hydrogen-bond donors (Lipinski definition) is 2. The van der Waals surface area contributed by atoms with Crippen molar-refractivity contribution in [3.63, 3.8) is 0 Å². The number of fused-ring (bicyclic) bond motifs is 1. The lowest BCUT2D eigenvalue weighted by atomic mass is 10.2. The highest BCUT2D eigenvalue weighted by Gasteiger charge is 2.12. The summed E-state index contributed by atoms with van der Waals surface area (Å²) in [4.78, 5) is 13.2. The first-order valence-corrected chi connectivity index (χ1v) is 10.9. The van der Waals surface area contributed by atoms with Gasteiger partial charge in [0.05, 0.1) is 6.61 Å². The molecule has 0 fully saturated rings. The van der Waals surface area contributed by atoms with E-state index in [9.17, 15) is 4.79 Å². The van der Waals surface area contributed by atoms with Crippen LogP contribution in [0.3, 0.4) is 0 Å². The van der Waals surface area contributed by atoms with Gasteiger partial charge in [0.25, 0.3) is 5.91 Å². The fourth-order valence-electron chi connectivity index (χ4n) is 2.81. The molecule has 2 heterocycles. The highest BCUT2D eigenvalue weighted by Crippen LogP contribution is 2.26. The summed E-state index contributed by atoms with van der Waals surface area (Å²) in [6.07, 6.45) is 0.899. The predicted molar refractivity (Wildman–Crippen MR) is 125 cm³/mol. The molecule has 0 aliphatic heterocycles. The number of rotatable bonds is 6. The molecule has 0 saturated heterocycles. The maximum atomic E-state index is 12.5. The van der Waals surface area contributed by atoms with Gasteiger partial charge in [-0.25, -0.2) is 0 Å². The third kappa shape index (κ3) is 4.86. The number of carbonyl (C=O) groups excluding carboxylic acids is 1. The average Bonchev–Trinajstić information content (AvgIpc) is 3.35. The van der Waals surface area contributed by atoms with E-state index in [4.69, 9.17) is 17.0 Å². The smallest absolute Gasteiger partial charge is 0.257 e. The number of nitrogens with one attached hydrogen (secondary N) is 2. The normalized spacial score (nSPS) is 10.8. The van der Waals surface area contributed by atoms with Crippen LogP contribution in [0.2, 0.25) is 0 Å². The van der Waals surface area contributed by atoms with E-state index in [0.717, 1.165) is 33.5 Å². The van der Waals surface area contributed by atoms with Crippen molar-refractivity contribution in [2.24, 2.45) is 0 Å². The molecule has 4 aromatic rings. The molecule has 0 spiro atoms. The van der Waals surface area contributed by atoms with E-state index in [0.29, 0.717) is 17.9 Å². The number of amides is 1. The number of thiocarbonyl (C=S) groups is 1. The van der Waals surface area contributed by atoms with Gasteiger partial charge < -0.3 is 10.1 Å². The zero-order chi connectivity index (χ0) is 21.8. The molecule has 0 atom stereocenters. The molecule has 10 heteroatoms. The third-order valence-corrected chi connectivity index (χ3v) is 5.48. The molecule has 2 aromatic heterocycles. The van der Waals surface area contributed by atoms with Gasteiger partial charge in [-0.15, -0.1) is 10.2 Å². The molecule has 31 heavy (non-hydrogen) atoms. The van der Waals surface area contributed by atoms with E-state index in [2.05, 4.69) is 25.9 Å². The molecule has 0 saturated carbocycles. The van der Waals surface area contributed by atoms with Crippen molar-refractivity contribution in [3.05, 3.63) is 59.9 Å². The van der Waals surface area contributed by atoms with Crippen molar-refractivity contribution in [1.82, 2.24) is 25.1 Å². The quantitative estimate of drug-likeness (QED) is 0.426. The largest absolute Gasteiger partial charge is 0.494 e. The summed E-state index contributed by atoms with van der Waals surface area (Å²) in [7, 11) is 0. The summed E-state index contributed by atoms with van der Waals surface area (Å²) >= 11 is 6.75. The van der Waals surface area contributed by atoms with Crippen LogP contribution in [0.15, 0.2) is 48.5 Å². The van der Waals surface area contributed by atoms with Gasteiger partial charge in [-0.3, -0.25) is 10.1 Å². The van der Waals surface area contributed by atoms with Crippen LogP contribution < -0.4 is 15.4 Å². The van der Waals surface area contributed by atoms with Crippen LogP contribution >= 0.6 is 23.6 Å². The molecule has 0 aliphatic rings. The molecule has 0 radical (unpaired) electrons. The van der Waals surface area contributed by atoms with Crippen LogP contribution in [-0.2, 0) is 0 Å². The summed E-state index contributed by atoms with van der Waals surface area (Å²) < 4.78 is 7.29. The second-order valence-corrected chi connectivity index (χ2v) is 8.07. The second-order valence-electron chi connectivity index (χ2n) is 6.71. The second kappa shape index (κ2) is 9.19. The van der Waals surface area contributed by atoms with Crippen molar-refractivity contribution < 1.29 is 9.53 Å². The van der Waals surface area contributed by atoms with Crippen LogP contribution in [0.25, 0.3) is 15.5 Å². The lowest BCUT2D eigenvalue weighted by molar-refractivity contribution is 0.0977. The Morgan fingerprint density at radius 2 is 2.00 bits per heavy atom. The number of anilines is 1. The van der Waals surface area contributed by atoms with Crippen molar-refractivity contribution in [1.29, 1.82) is 0 Å². The Morgan fingerprint density at radius 3 is 2.74 bits per heavy atom. The zero-order valence-corrected chi connectivity index (χ0v) is 18.6. The van der Waals surface area contributed by atoms with Gasteiger partial charge in [0, 0.05) is 16.8 Å². The summed E-state index contributed by atoms with van der Waals surface area (Å²) in [6, 6.07) is 14.6. The molecule has 158 valence electrons. The minimum Gasteiger partial charge on any atom is -0.494 e. The van der Waals surface area contributed by atoms with Gasteiger partial charge in [-0.05, 0) is 68.0 Å². The minimum absolute atomic E-state index is 0.215. The van der Waals surface area contributed by atoms with E-state index < -0.39 is 0 Å². The molecule has 2 N–H and O–H groups in total. The SMILES string of the molecule is CCCOc1cccc(C(=O)NC(=S)Nc2ccc(-c3nn4c(C)nnc4s3)cc2)c1. The molecular weight excluding hydrogens is 432 g/mol. The van der Waals surface area contributed by atoms with Crippen LogP contribution in [0.4, 0.5) is 5.69 Å². The highest BCUT2D eigenvalue weighted by atomic mass is 32.1. The summed E-state index contributed by atoms with van der Waals surface area (Å²) in [5.74, 6) is 1.11. The number of aromatic nitrogens is 4. The molecule has 8 nitrogen and oxygen atoms in total. The first kappa shape index (κ1) is 20.9. The molecule has 2 aromatic carbocycles. The Morgan fingerprint density at radius 1 is 1.19 bits per heavy atom. The summed E-state index contributed by atoms with van der Waals surface area (Å²) in [6.45, 7) is 4.49. The van der Waals surface area contributed by atoms with Crippen LogP contribution in [0.5, 0.6) is 5.75 Å². The van der Waals surface area contributed by atoms with Crippen molar-refractivity contribution >= 4 is 45.2 Å². The van der Waals surface area contributed by atoms with Gasteiger partial charge in [-0.2, -0.15) is 9.61 Å². The topological polar surface area (TPSA) is 93.4 Å². The molecule has 1 amide bonds. The minimum atomic E-state index is -0.300. The van der Waals surface area contributed by atoms with Crippen molar-refractivity contribution in [3.8, 4) is 16.3 Å². The number of ether oxygens (including phenoxy) is 1. The summed E-state index contributed by atoms with van der Waals surface area (Å²) in [5, 5.41) is 19.4. The van der Waals surface area contributed by atoms with E-state index in [1.54, 1.807) is 22.7 Å². The Kier molecular flexibility index (Phi) is 6.19. The van der Waals surface area contributed by atoms with Gasteiger partial charge >= 0.3 is 0 Å². The molecule has 4 rings (SSSR count). The van der Waals surface area contributed by atoms with Crippen LogP contribution in [0, 0.1) is 6.92 Å². The Hall–Kier alpha value is -3.37. The molecule has 0 unspecified atom stereocenters. The van der Waals surface area contributed by atoms with E-state index in [1.165, 1.54) is 11.3 Å². The number of benzene rings is 2. The Balaban J connectivity index is 1.37. The lowest BCUT2D eigenvalue weighted by Gasteiger charge is -2.11. The fraction of sp³-hybridized carbons (Fsp3) is 0.190. The highest BCUT2D eigenvalue weighted by molar-refractivity contribution is 7.80. The fourth-order valence-corrected chi connectivity index (χ4v) is 3.91. The molecule has 0 aliphatic carbocycles. The lowest BCUT2D eigenvalue weighted by Crippen LogP contribution is -2.34. The van der Waals surface area contributed by atoms with Crippen molar-refractivity contribution in [2.45, 2.75) is 20.3 Å². The molecule has 0 bridgehead atoms.